The molecule has 0 amide bonds. The molecular weight excluding hydrogens is 222 g/mol. The van der Waals surface area contributed by atoms with E-state index in [4.69, 9.17) is 0 Å². The molecule has 1 unspecified atom stereocenters. The number of aromatic nitrogens is 1. The largest absolute Gasteiger partial charge is 0.388 e. The van der Waals surface area contributed by atoms with Crippen molar-refractivity contribution in [3.63, 3.8) is 0 Å². The fraction of sp³-hybridized carbons (Fsp3) is 0.250. The summed E-state index contributed by atoms with van der Waals surface area (Å²) >= 11 is 1.54. The van der Waals surface area contributed by atoms with E-state index in [1.54, 1.807) is 48.2 Å². The summed E-state index contributed by atoms with van der Waals surface area (Å²) < 4.78 is 1.55. The number of aryl methyl sites for hydroxylation is 1. The molecule has 0 aliphatic heterocycles. The highest BCUT2D eigenvalue weighted by Gasteiger charge is 2.07. The van der Waals surface area contributed by atoms with Crippen LogP contribution in [0.1, 0.15) is 17.9 Å². The maximum absolute atomic E-state index is 11.2. The number of pyridine rings is 1. The van der Waals surface area contributed by atoms with E-state index in [0.29, 0.717) is 0 Å². The van der Waals surface area contributed by atoms with Gasteiger partial charge in [-0.25, -0.2) is 0 Å². The summed E-state index contributed by atoms with van der Waals surface area (Å²) in [5.74, 6) is 0. The Morgan fingerprint density at radius 2 is 2.06 bits per heavy atom. The van der Waals surface area contributed by atoms with E-state index in [2.05, 4.69) is 0 Å². The third-order valence-corrected chi connectivity index (χ3v) is 3.71. The van der Waals surface area contributed by atoms with Crippen molar-refractivity contribution >= 4 is 11.3 Å². The van der Waals surface area contributed by atoms with Crippen LogP contribution >= 0.6 is 11.3 Å². The van der Waals surface area contributed by atoms with Crippen LogP contribution in [0.25, 0.3) is 10.4 Å². The first-order chi connectivity index (χ1) is 7.58. The van der Waals surface area contributed by atoms with Gasteiger partial charge in [0.15, 0.2) is 0 Å². The minimum Gasteiger partial charge on any atom is -0.388 e. The lowest BCUT2D eigenvalue weighted by Gasteiger charge is -2.01. The lowest BCUT2D eigenvalue weighted by atomic mass is 10.2. The van der Waals surface area contributed by atoms with Gasteiger partial charge in [0.05, 0.1) is 6.10 Å². The summed E-state index contributed by atoms with van der Waals surface area (Å²) in [5, 5.41) is 9.44. The second kappa shape index (κ2) is 4.23. The third-order valence-electron chi connectivity index (χ3n) is 2.41. The van der Waals surface area contributed by atoms with Gasteiger partial charge in [0.25, 0.3) is 0 Å². The molecule has 0 saturated heterocycles. The Labute approximate surface area is 97.6 Å². The van der Waals surface area contributed by atoms with Crippen LogP contribution in [0.3, 0.4) is 0 Å². The number of thiophene rings is 1. The summed E-state index contributed by atoms with van der Waals surface area (Å²) in [6.45, 7) is 1.75. The van der Waals surface area contributed by atoms with Crippen LogP contribution in [0.2, 0.25) is 0 Å². The van der Waals surface area contributed by atoms with Gasteiger partial charge in [-0.1, -0.05) is 0 Å². The zero-order valence-electron chi connectivity index (χ0n) is 9.18. The Morgan fingerprint density at radius 3 is 2.62 bits per heavy atom. The zero-order valence-corrected chi connectivity index (χ0v) is 9.99. The van der Waals surface area contributed by atoms with Crippen molar-refractivity contribution in [1.29, 1.82) is 0 Å². The molecule has 84 valence electrons. The molecule has 2 aromatic heterocycles. The molecule has 1 atom stereocenters. The van der Waals surface area contributed by atoms with Crippen LogP contribution in [-0.2, 0) is 7.05 Å². The zero-order chi connectivity index (χ0) is 11.7. The van der Waals surface area contributed by atoms with Crippen molar-refractivity contribution in [2.75, 3.05) is 0 Å². The van der Waals surface area contributed by atoms with Crippen LogP contribution in [0.4, 0.5) is 0 Å². The standard InChI is InChI=1S/C12H13NO2S/c1-8(14)10-4-5-11(16-10)9-3-6-12(15)13(2)7-9/h3-8,14H,1-2H3. The van der Waals surface area contributed by atoms with Crippen LogP contribution in [0, 0.1) is 0 Å². The second-order valence-electron chi connectivity index (χ2n) is 3.74. The highest BCUT2D eigenvalue weighted by atomic mass is 32.1. The Kier molecular flexibility index (Phi) is 2.94. The molecule has 0 radical (unpaired) electrons. The van der Waals surface area contributed by atoms with Crippen molar-refractivity contribution in [3.05, 3.63) is 45.7 Å². The van der Waals surface area contributed by atoms with E-state index in [9.17, 15) is 9.90 Å². The molecular formula is C12H13NO2S. The van der Waals surface area contributed by atoms with Gasteiger partial charge in [0.2, 0.25) is 5.56 Å². The summed E-state index contributed by atoms with van der Waals surface area (Å²) in [7, 11) is 1.73. The van der Waals surface area contributed by atoms with Gasteiger partial charge in [-0.3, -0.25) is 4.79 Å². The van der Waals surface area contributed by atoms with E-state index in [1.165, 1.54) is 0 Å². The van der Waals surface area contributed by atoms with Crippen molar-refractivity contribution in [2.45, 2.75) is 13.0 Å². The monoisotopic (exact) mass is 235 g/mol. The summed E-state index contributed by atoms with van der Waals surface area (Å²) in [6, 6.07) is 7.24. The minimum absolute atomic E-state index is 0.0175. The molecule has 0 fully saturated rings. The highest BCUT2D eigenvalue weighted by Crippen LogP contribution is 2.30. The molecule has 3 nitrogen and oxygen atoms in total. The summed E-state index contributed by atoms with van der Waals surface area (Å²) in [5.41, 5.74) is 0.982. The quantitative estimate of drug-likeness (QED) is 0.866. The fourth-order valence-corrected chi connectivity index (χ4v) is 2.41. The molecule has 16 heavy (non-hydrogen) atoms. The summed E-state index contributed by atoms with van der Waals surface area (Å²) in [4.78, 5) is 13.2. The van der Waals surface area contributed by atoms with Gasteiger partial charge in [0, 0.05) is 34.6 Å². The van der Waals surface area contributed by atoms with E-state index in [0.717, 1.165) is 15.3 Å². The highest BCUT2D eigenvalue weighted by molar-refractivity contribution is 7.15. The molecule has 0 spiro atoms. The lowest BCUT2D eigenvalue weighted by molar-refractivity contribution is 0.203. The molecule has 0 aliphatic carbocycles. The second-order valence-corrected chi connectivity index (χ2v) is 4.86. The van der Waals surface area contributed by atoms with E-state index in [1.807, 2.05) is 12.1 Å². The predicted octanol–water partition coefficient (Wildman–Crippen LogP) is 2.17. The first kappa shape index (κ1) is 11.1. The number of hydrogen-bond donors (Lipinski definition) is 1. The first-order valence-corrected chi connectivity index (χ1v) is 5.84. The topological polar surface area (TPSA) is 42.2 Å². The lowest BCUT2D eigenvalue weighted by Crippen LogP contribution is -2.13. The van der Waals surface area contributed by atoms with Crippen LogP contribution in [0.15, 0.2) is 35.3 Å². The van der Waals surface area contributed by atoms with Gasteiger partial charge < -0.3 is 9.67 Å². The Bertz CT molecular complexity index is 554. The molecule has 2 rings (SSSR count). The normalized spacial score (nSPS) is 12.7. The third kappa shape index (κ3) is 2.08. The molecule has 1 N–H and O–H groups in total. The fourth-order valence-electron chi connectivity index (χ4n) is 1.47. The predicted molar refractivity (Wildman–Crippen MR) is 65.6 cm³/mol. The number of hydrogen-bond acceptors (Lipinski definition) is 3. The molecule has 0 aliphatic rings. The van der Waals surface area contributed by atoms with Gasteiger partial charge in [-0.2, -0.15) is 0 Å². The smallest absolute Gasteiger partial charge is 0.250 e. The Balaban J connectivity index is 2.42. The van der Waals surface area contributed by atoms with Crippen molar-refractivity contribution < 1.29 is 5.11 Å². The van der Waals surface area contributed by atoms with E-state index < -0.39 is 6.10 Å². The van der Waals surface area contributed by atoms with E-state index >= 15 is 0 Å². The molecule has 2 aromatic rings. The number of aliphatic hydroxyl groups excluding tert-OH is 1. The average Bonchev–Trinajstić information content (AvgIpc) is 2.71. The van der Waals surface area contributed by atoms with Crippen molar-refractivity contribution in [2.24, 2.45) is 7.05 Å². The molecule has 2 heterocycles. The maximum atomic E-state index is 11.2. The summed E-state index contributed by atoms with van der Waals surface area (Å²) in [6.07, 6.45) is 1.37. The van der Waals surface area contributed by atoms with Crippen molar-refractivity contribution in [3.8, 4) is 10.4 Å². The van der Waals surface area contributed by atoms with Crippen LogP contribution in [0.5, 0.6) is 0 Å². The van der Waals surface area contributed by atoms with Gasteiger partial charge in [-0.05, 0) is 25.1 Å². The molecule has 4 heteroatoms. The number of aliphatic hydroxyl groups is 1. The van der Waals surface area contributed by atoms with Crippen molar-refractivity contribution in [1.82, 2.24) is 4.57 Å². The molecule has 0 bridgehead atoms. The SMILES string of the molecule is CC(O)c1ccc(-c2ccc(=O)n(C)c2)s1. The van der Waals surface area contributed by atoms with Crippen LogP contribution < -0.4 is 5.56 Å². The van der Waals surface area contributed by atoms with E-state index in [-0.39, 0.29) is 5.56 Å². The number of rotatable bonds is 2. The Hall–Kier alpha value is -1.39. The van der Waals surface area contributed by atoms with Gasteiger partial charge in [0.1, 0.15) is 0 Å². The molecule has 0 aromatic carbocycles. The van der Waals surface area contributed by atoms with Gasteiger partial charge >= 0.3 is 0 Å². The Morgan fingerprint density at radius 1 is 1.31 bits per heavy atom. The van der Waals surface area contributed by atoms with Crippen LogP contribution in [-0.4, -0.2) is 9.67 Å². The first-order valence-electron chi connectivity index (χ1n) is 5.03. The average molecular weight is 235 g/mol. The molecule has 0 saturated carbocycles. The maximum Gasteiger partial charge on any atom is 0.250 e. The number of nitrogens with zero attached hydrogens (tertiary/aromatic N) is 1. The minimum atomic E-state index is -0.439. The van der Waals surface area contributed by atoms with Gasteiger partial charge in [-0.15, -0.1) is 11.3 Å².